The van der Waals surface area contributed by atoms with Crippen LogP contribution < -0.4 is 11.5 Å². The van der Waals surface area contributed by atoms with E-state index in [1.165, 1.54) is 4.90 Å². The van der Waals surface area contributed by atoms with Gasteiger partial charge in [-0.1, -0.05) is 6.92 Å². The van der Waals surface area contributed by atoms with Crippen molar-refractivity contribution in [1.29, 1.82) is 0 Å². The van der Waals surface area contributed by atoms with Crippen LogP contribution in [0.3, 0.4) is 0 Å². The van der Waals surface area contributed by atoms with Crippen LogP contribution in [-0.4, -0.2) is 47.1 Å². The van der Waals surface area contributed by atoms with E-state index in [0.29, 0.717) is 18.9 Å². The van der Waals surface area contributed by atoms with Crippen molar-refractivity contribution < 1.29 is 14.7 Å². The molecule has 1 aliphatic rings. The molecule has 3 unspecified atom stereocenters. The number of hydrogen-bond donors (Lipinski definition) is 3. The molecule has 1 fully saturated rings. The zero-order valence-corrected chi connectivity index (χ0v) is 10.8. The predicted octanol–water partition coefficient (Wildman–Crippen LogP) is -0.801. The molecular weight excluding hydrogens is 234 g/mol. The number of carbonyl (C=O) groups is 2. The second-order valence-corrected chi connectivity index (χ2v) is 5.07. The Kier molecular flexibility index (Phi) is 5.55. The van der Waals surface area contributed by atoms with Crippen molar-refractivity contribution in [2.24, 2.45) is 17.4 Å². The third-order valence-electron chi connectivity index (χ3n) is 3.44. The van der Waals surface area contributed by atoms with Gasteiger partial charge in [-0.05, 0) is 25.3 Å². The van der Waals surface area contributed by atoms with Crippen LogP contribution in [0.25, 0.3) is 0 Å². The van der Waals surface area contributed by atoms with E-state index < -0.39 is 18.1 Å². The maximum absolute atomic E-state index is 12.0. The van der Waals surface area contributed by atoms with Crippen LogP contribution in [0.1, 0.15) is 32.6 Å². The maximum Gasteiger partial charge on any atom is 0.240 e. The summed E-state index contributed by atoms with van der Waals surface area (Å²) in [4.78, 5) is 24.6. The average Bonchev–Trinajstić information content (AvgIpc) is 2.69. The Morgan fingerprint density at radius 1 is 1.44 bits per heavy atom. The lowest BCUT2D eigenvalue weighted by molar-refractivity contribution is -0.137. The van der Waals surface area contributed by atoms with Gasteiger partial charge in [-0.3, -0.25) is 9.59 Å². The van der Waals surface area contributed by atoms with Crippen LogP contribution in [-0.2, 0) is 9.59 Å². The van der Waals surface area contributed by atoms with Crippen molar-refractivity contribution in [2.45, 2.75) is 44.8 Å². The van der Waals surface area contributed by atoms with Gasteiger partial charge in [0.2, 0.25) is 11.8 Å². The minimum Gasteiger partial charge on any atom is -0.391 e. The number of β-amino-alcohol motifs (C(OH)–C–C–N with tert-alkyl or cyclic N) is 1. The summed E-state index contributed by atoms with van der Waals surface area (Å²) >= 11 is 0. The van der Waals surface area contributed by atoms with Crippen LogP contribution >= 0.6 is 0 Å². The number of aliphatic hydroxyl groups excluding tert-OH is 1. The fraction of sp³-hybridized carbons (Fsp3) is 0.833. The van der Waals surface area contributed by atoms with Crippen molar-refractivity contribution in [1.82, 2.24) is 4.90 Å². The topological polar surface area (TPSA) is 110 Å². The number of carbonyl (C=O) groups excluding carboxylic acids is 2. The molecule has 3 atom stereocenters. The molecular formula is C12H23N3O3. The van der Waals surface area contributed by atoms with Gasteiger partial charge in [0.1, 0.15) is 6.04 Å². The fourth-order valence-electron chi connectivity index (χ4n) is 2.30. The molecule has 0 aromatic carbocycles. The van der Waals surface area contributed by atoms with Gasteiger partial charge < -0.3 is 21.5 Å². The molecule has 0 aliphatic carbocycles. The fourth-order valence-corrected chi connectivity index (χ4v) is 2.30. The summed E-state index contributed by atoms with van der Waals surface area (Å²) < 4.78 is 0. The molecule has 1 aliphatic heterocycles. The van der Waals surface area contributed by atoms with E-state index in [4.69, 9.17) is 11.5 Å². The van der Waals surface area contributed by atoms with E-state index >= 15 is 0 Å². The Morgan fingerprint density at radius 2 is 2.11 bits per heavy atom. The smallest absolute Gasteiger partial charge is 0.240 e. The highest BCUT2D eigenvalue weighted by Gasteiger charge is 2.37. The molecule has 0 aromatic rings. The lowest BCUT2D eigenvalue weighted by atomic mass is 10.0. The second-order valence-electron chi connectivity index (χ2n) is 5.07. The summed E-state index contributed by atoms with van der Waals surface area (Å²) in [5, 5.41) is 9.51. The molecule has 6 heteroatoms. The number of primary amides is 1. The first-order valence-electron chi connectivity index (χ1n) is 6.42. The van der Waals surface area contributed by atoms with E-state index in [9.17, 15) is 14.7 Å². The molecule has 1 rings (SSSR count). The van der Waals surface area contributed by atoms with Crippen LogP contribution in [0.2, 0.25) is 0 Å². The number of likely N-dealkylation sites (tertiary alicyclic amines) is 1. The van der Waals surface area contributed by atoms with Crippen LogP contribution in [0.4, 0.5) is 0 Å². The summed E-state index contributed by atoms with van der Waals surface area (Å²) in [6.45, 7) is 2.87. The number of nitrogens with two attached hydrogens (primary N) is 2. The molecule has 0 spiro atoms. The number of rotatable bonds is 6. The lowest BCUT2D eigenvalue weighted by Gasteiger charge is -2.22. The lowest BCUT2D eigenvalue weighted by Crippen LogP contribution is -2.43. The first kappa shape index (κ1) is 14.9. The minimum atomic E-state index is -0.655. The Morgan fingerprint density at radius 3 is 2.67 bits per heavy atom. The number of hydrogen-bond acceptors (Lipinski definition) is 4. The monoisotopic (exact) mass is 257 g/mol. The summed E-state index contributed by atoms with van der Waals surface area (Å²) in [5.74, 6) is -0.271. The summed E-state index contributed by atoms with van der Waals surface area (Å²) in [7, 11) is 0. The first-order valence-corrected chi connectivity index (χ1v) is 6.42. The Bertz CT molecular complexity index is 309. The standard InChI is InChI=1S/C12H23N3O3/c1-8(4-5-13)2-3-11(17)15-7-9(16)6-10(15)12(14)18/h8-10,16H,2-7,13H2,1H3,(H2,14,18). The molecule has 1 saturated heterocycles. The highest BCUT2D eigenvalue weighted by atomic mass is 16.3. The van der Waals surface area contributed by atoms with E-state index in [0.717, 1.165) is 12.8 Å². The third kappa shape index (κ3) is 3.96. The van der Waals surface area contributed by atoms with Gasteiger partial charge in [0.25, 0.3) is 0 Å². The summed E-state index contributed by atoms with van der Waals surface area (Å²) in [5.41, 5.74) is 10.7. The van der Waals surface area contributed by atoms with Gasteiger partial charge in [-0.15, -0.1) is 0 Å². The van der Waals surface area contributed by atoms with Crippen molar-refractivity contribution >= 4 is 11.8 Å². The van der Waals surface area contributed by atoms with Gasteiger partial charge in [0.15, 0.2) is 0 Å². The average molecular weight is 257 g/mol. The molecule has 18 heavy (non-hydrogen) atoms. The second kappa shape index (κ2) is 6.70. The van der Waals surface area contributed by atoms with Gasteiger partial charge in [-0.25, -0.2) is 0 Å². The Hall–Kier alpha value is -1.14. The highest BCUT2D eigenvalue weighted by Crippen LogP contribution is 2.20. The van der Waals surface area contributed by atoms with Crippen molar-refractivity contribution in [3.05, 3.63) is 0 Å². The minimum absolute atomic E-state index is 0.112. The number of nitrogens with zero attached hydrogens (tertiary/aromatic N) is 1. The maximum atomic E-state index is 12.0. The third-order valence-corrected chi connectivity index (χ3v) is 3.44. The zero-order valence-electron chi connectivity index (χ0n) is 10.8. The van der Waals surface area contributed by atoms with Crippen LogP contribution in [0.15, 0.2) is 0 Å². The Balaban J connectivity index is 2.47. The predicted molar refractivity (Wildman–Crippen MR) is 67.4 cm³/mol. The van der Waals surface area contributed by atoms with Gasteiger partial charge >= 0.3 is 0 Å². The molecule has 0 saturated carbocycles. The highest BCUT2D eigenvalue weighted by molar-refractivity contribution is 5.87. The number of amides is 2. The van der Waals surface area contributed by atoms with E-state index in [2.05, 4.69) is 0 Å². The Labute approximate surface area is 107 Å². The van der Waals surface area contributed by atoms with Crippen LogP contribution in [0.5, 0.6) is 0 Å². The normalized spacial score (nSPS) is 25.2. The molecule has 2 amide bonds. The van der Waals surface area contributed by atoms with E-state index in [-0.39, 0.29) is 18.9 Å². The summed E-state index contributed by atoms with van der Waals surface area (Å²) in [6.07, 6.45) is 1.60. The van der Waals surface area contributed by atoms with Gasteiger partial charge in [-0.2, -0.15) is 0 Å². The molecule has 104 valence electrons. The molecule has 0 bridgehead atoms. The van der Waals surface area contributed by atoms with Gasteiger partial charge in [0, 0.05) is 19.4 Å². The quantitative estimate of drug-likeness (QED) is 0.578. The first-order chi connectivity index (χ1) is 8.45. The molecule has 1 heterocycles. The van der Waals surface area contributed by atoms with E-state index in [1.54, 1.807) is 0 Å². The van der Waals surface area contributed by atoms with Crippen molar-refractivity contribution in [3.8, 4) is 0 Å². The van der Waals surface area contributed by atoms with Gasteiger partial charge in [0.05, 0.1) is 6.10 Å². The number of aliphatic hydroxyl groups is 1. The largest absolute Gasteiger partial charge is 0.391 e. The molecule has 0 aromatic heterocycles. The molecule has 0 radical (unpaired) electrons. The summed E-state index contributed by atoms with van der Waals surface area (Å²) in [6, 6.07) is -0.655. The molecule has 5 N–H and O–H groups in total. The SMILES string of the molecule is CC(CCN)CCC(=O)N1CC(O)CC1C(N)=O. The van der Waals surface area contributed by atoms with Crippen molar-refractivity contribution in [3.63, 3.8) is 0 Å². The van der Waals surface area contributed by atoms with Crippen LogP contribution in [0, 0.1) is 5.92 Å². The zero-order chi connectivity index (χ0) is 13.7. The van der Waals surface area contributed by atoms with Crippen molar-refractivity contribution in [2.75, 3.05) is 13.1 Å². The molecule has 6 nitrogen and oxygen atoms in total. The van der Waals surface area contributed by atoms with E-state index in [1.807, 2.05) is 6.92 Å².